The van der Waals surface area contributed by atoms with E-state index >= 15 is 0 Å². The summed E-state index contributed by atoms with van der Waals surface area (Å²) in [6.07, 6.45) is 0. The van der Waals surface area contributed by atoms with Gasteiger partial charge in [0.15, 0.2) is 0 Å². The lowest BCUT2D eigenvalue weighted by atomic mass is 10.1. The summed E-state index contributed by atoms with van der Waals surface area (Å²) in [7, 11) is 1.56. The van der Waals surface area contributed by atoms with Gasteiger partial charge in [0, 0.05) is 11.3 Å². The SMILES string of the molecule is COc1ccc(N(CN2C(=O)c3ccccc3C2=O)C(=O)c2ccccc2)cc1. The largest absolute Gasteiger partial charge is 0.497 e. The Labute approximate surface area is 167 Å². The first-order valence-corrected chi connectivity index (χ1v) is 9.06. The molecule has 144 valence electrons. The molecule has 0 spiro atoms. The van der Waals surface area contributed by atoms with E-state index in [0.29, 0.717) is 28.1 Å². The lowest BCUT2D eigenvalue weighted by Crippen LogP contribution is -2.44. The molecule has 0 atom stereocenters. The Balaban J connectivity index is 1.70. The maximum absolute atomic E-state index is 13.2. The molecule has 3 aromatic carbocycles. The number of carbonyl (C=O) groups is 3. The second-order valence-corrected chi connectivity index (χ2v) is 6.52. The summed E-state index contributed by atoms with van der Waals surface area (Å²) in [5, 5.41) is 0. The fourth-order valence-corrected chi connectivity index (χ4v) is 3.27. The molecule has 4 rings (SSSR count). The normalized spacial score (nSPS) is 12.7. The summed E-state index contributed by atoms with van der Waals surface area (Å²) in [4.78, 5) is 41.3. The smallest absolute Gasteiger partial charge is 0.263 e. The van der Waals surface area contributed by atoms with Crippen LogP contribution >= 0.6 is 0 Å². The molecular weight excluding hydrogens is 368 g/mol. The molecule has 1 aliphatic rings. The van der Waals surface area contributed by atoms with E-state index in [1.807, 2.05) is 6.07 Å². The van der Waals surface area contributed by atoms with Gasteiger partial charge in [-0.05, 0) is 48.5 Å². The highest BCUT2D eigenvalue weighted by molar-refractivity contribution is 6.22. The quantitative estimate of drug-likeness (QED) is 0.629. The van der Waals surface area contributed by atoms with Crippen LogP contribution in [0.1, 0.15) is 31.1 Å². The van der Waals surface area contributed by atoms with Gasteiger partial charge in [0.2, 0.25) is 0 Å². The Morgan fingerprint density at radius 2 is 1.38 bits per heavy atom. The van der Waals surface area contributed by atoms with Crippen LogP contribution in [-0.2, 0) is 0 Å². The second-order valence-electron chi connectivity index (χ2n) is 6.52. The van der Waals surface area contributed by atoms with E-state index in [2.05, 4.69) is 0 Å². The minimum atomic E-state index is -0.412. The number of nitrogens with zero attached hydrogens (tertiary/aromatic N) is 2. The first kappa shape index (κ1) is 18.4. The predicted octanol–water partition coefficient (Wildman–Crippen LogP) is 3.60. The van der Waals surface area contributed by atoms with Gasteiger partial charge in [-0.25, -0.2) is 0 Å². The summed E-state index contributed by atoms with van der Waals surface area (Å²) in [5.74, 6) is -0.496. The van der Waals surface area contributed by atoms with Gasteiger partial charge in [-0.1, -0.05) is 30.3 Å². The molecule has 3 amide bonds. The molecular formula is C23H18N2O4. The molecule has 0 aliphatic carbocycles. The van der Waals surface area contributed by atoms with Gasteiger partial charge in [0.1, 0.15) is 12.4 Å². The van der Waals surface area contributed by atoms with Crippen LogP contribution in [0.2, 0.25) is 0 Å². The Hall–Kier alpha value is -3.93. The van der Waals surface area contributed by atoms with Crippen molar-refractivity contribution in [1.29, 1.82) is 0 Å². The number of benzene rings is 3. The van der Waals surface area contributed by atoms with Crippen molar-refractivity contribution in [3.05, 3.63) is 95.6 Å². The third kappa shape index (κ3) is 3.36. The lowest BCUT2D eigenvalue weighted by Gasteiger charge is -2.27. The molecule has 0 aromatic heterocycles. The molecule has 0 fully saturated rings. The third-order valence-electron chi connectivity index (χ3n) is 4.81. The minimum Gasteiger partial charge on any atom is -0.497 e. The Kier molecular flexibility index (Phi) is 4.83. The second kappa shape index (κ2) is 7.59. The van der Waals surface area contributed by atoms with Gasteiger partial charge in [-0.15, -0.1) is 0 Å². The Morgan fingerprint density at radius 3 is 1.93 bits per heavy atom. The standard InChI is InChI=1S/C23H18N2O4/c1-29-18-13-11-17(12-14-18)24(21(26)16-7-3-2-4-8-16)15-25-22(27)19-9-5-6-10-20(19)23(25)28/h2-14H,15H2,1H3. The highest BCUT2D eigenvalue weighted by Gasteiger charge is 2.37. The molecule has 3 aromatic rings. The summed E-state index contributed by atoms with van der Waals surface area (Å²) >= 11 is 0. The maximum atomic E-state index is 13.2. The number of carbonyl (C=O) groups excluding carboxylic acids is 3. The number of hydrogen-bond acceptors (Lipinski definition) is 4. The minimum absolute atomic E-state index is 0.188. The van der Waals surface area contributed by atoms with Crippen molar-refractivity contribution < 1.29 is 19.1 Å². The van der Waals surface area contributed by atoms with E-state index in [4.69, 9.17) is 4.74 Å². The zero-order valence-corrected chi connectivity index (χ0v) is 15.7. The van der Waals surface area contributed by atoms with Crippen molar-refractivity contribution >= 4 is 23.4 Å². The number of ether oxygens (including phenoxy) is 1. The van der Waals surface area contributed by atoms with Crippen molar-refractivity contribution in [2.75, 3.05) is 18.7 Å². The highest BCUT2D eigenvalue weighted by Crippen LogP contribution is 2.26. The molecule has 6 heteroatoms. The average Bonchev–Trinajstić information content (AvgIpc) is 3.02. The summed E-state index contributed by atoms with van der Waals surface area (Å²) in [5.41, 5.74) is 1.70. The van der Waals surface area contributed by atoms with E-state index < -0.39 is 11.8 Å². The molecule has 6 nitrogen and oxygen atoms in total. The number of fused-ring (bicyclic) bond motifs is 1. The van der Waals surface area contributed by atoms with Crippen LogP contribution in [0.25, 0.3) is 0 Å². The summed E-state index contributed by atoms with van der Waals surface area (Å²) in [6.45, 7) is -0.188. The fraction of sp³-hybridized carbons (Fsp3) is 0.0870. The molecule has 1 aliphatic heterocycles. The van der Waals surface area contributed by atoms with Gasteiger partial charge in [0.05, 0.1) is 18.2 Å². The number of imide groups is 1. The molecule has 0 N–H and O–H groups in total. The molecule has 1 heterocycles. The maximum Gasteiger partial charge on any atom is 0.263 e. The van der Waals surface area contributed by atoms with E-state index in [-0.39, 0.29) is 12.6 Å². The van der Waals surface area contributed by atoms with Crippen LogP contribution < -0.4 is 9.64 Å². The predicted molar refractivity (Wildman–Crippen MR) is 108 cm³/mol. The van der Waals surface area contributed by atoms with Crippen LogP contribution in [0.4, 0.5) is 5.69 Å². The topological polar surface area (TPSA) is 66.9 Å². The Bertz CT molecular complexity index is 1040. The number of hydrogen-bond donors (Lipinski definition) is 0. The van der Waals surface area contributed by atoms with Gasteiger partial charge in [0.25, 0.3) is 17.7 Å². The third-order valence-corrected chi connectivity index (χ3v) is 4.81. The van der Waals surface area contributed by atoms with Crippen molar-refractivity contribution in [2.45, 2.75) is 0 Å². The number of anilines is 1. The zero-order valence-electron chi connectivity index (χ0n) is 15.7. The monoisotopic (exact) mass is 386 g/mol. The molecule has 0 radical (unpaired) electrons. The number of methoxy groups -OCH3 is 1. The van der Waals surface area contributed by atoms with Gasteiger partial charge in [-0.2, -0.15) is 0 Å². The zero-order chi connectivity index (χ0) is 20.4. The van der Waals surface area contributed by atoms with Gasteiger partial charge in [-0.3, -0.25) is 24.2 Å². The van der Waals surface area contributed by atoms with Crippen LogP contribution in [-0.4, -0.2) is 36.4 Å². The van der Waals surface area contributed by atoms with E-state index in [0.717, 1.165) is 4.90 Å². The van der Waals surface area contributed by atoms with Crippen LogP contribution in [0.3, 0.4) is 0 Å². The van der Waals surface area contributed by atoms with Gasteiger partial charge >= 0.3 is 0 Å². The Morgan fingerprint density at radius 1 is 0.828 bits per heavy atom. The van der Waals surface area contributed by atoms with Crippen molar-refractivity contribution in [2.24, 2.45) is 0 Å². The molecule has 0 saturated carbocycles. The van der Waals surface area contributed by atoms with Crippen molar-refractivity contribution in [3.8, 4) is 5.75 Å². The first-order valence-electron chi connectivity index (χ1n) is 9.06. The summed E-state index contributed by atoms with van der Waals surface area (Å²) in [6, 6.07) is 22.3. The lowest BCUT2D eigenvalue weighted by molar-refractivity contribution is 0.0650. The first-order chi connectivity index (χ1) is 14.1. The van der Waals surface area contributed by atoms with E-state index in [1.54, 1.807) is 79.9 Å². The number of rotatable bonds is 5. The molecule has 29 heavy (non-hydrogen) atoms. The van der Waals surface area contributed by atoms with Crippen molar-refractivity contribution in [3.63, 3.8) is 0 Å². The van der Waals surface area contributed by atoms with Crippen LogP contribution in [0.5, 0.6) is 5.75 Å². The molecule has 0 unspecified atom stereocenters. The number of amides is 3. The molecule has 0 saturated heterocycles. The average molecular weight is 386 g/mol. The summed E-state index contributed by atoms with van der Waals surface area (Å²) < 4.78 is 5.18. The van der Waals surface area contributed by atoms with Crippen molar-refractivity contribution in [1.82, 2.24) is 4.90 Å². The van der Waals surface area contributed by atoms with E-state index in [1.165, 1.54) is 4.90 Å². The van der Waals surface area contributed by atoms with Crippen LogP contribution in [0, 0.1) is 0 Å². The fourth-order valence-electron chi connectivity index (χ4n) is 3.27. The highest BCUT2D eigenvalue weighted by atomic mass is 16.5. The van der Waals surface area contributed by atoms with E-state index in [9.17, 15) is 14.4 Å². The van der Waals surface area contributed by atoms with Crippen LogP contribution in [0.15, 0.2) is 78.9 Å². The van der Waals surface area contributed by atoms with Gasteiger partial charge < -0.3 is 4.74 Å². The molecule has 0 bridgehead atoms.